The average molecular weight is 482 g/mol. The third kappa shape index (κ3) is 4.78. The summed E-state index contributed by atoms with van der Waals surface area (Å²) < 4.78 is 21.6. The standard InChI is InChI=1S/C24H26N4O7/c1-32-21-5-3-16-22(27-21)14(6-7-26-16)11-25-12-17(29)23(30)20-13-28(24(31)35-20)15-2-4-18-19(10-15)34-9-8-33-18/h2-7,10,17,20,23,25,29-30H,8-9,11-13H2,1H3/t17-,20?,23+/m0/s1. The second-order valence-electron chi connectivity index (χ2n) is 8.24. The molecule has 1 amide bonds. The summed E-state index contributed by atoms with van der Waals surface area (Å²) in [5, 5.41) is 24.3. The molecule has 0 radical (unpaired) electrons. The smallest absolute Gasteiger partial charge is 0.414 e. The van der Waals surface area contributed by atoms with Crippen LogP contribution in [0.1, 0.15) is 5.56 Å². The highest BCUT2D eigenvalue weighted by Crippen LogP contribution is 2.35. The van der Waals surface area contributed by atoms with Crippen molar-refractivity contribution >= 4 is 22.8 Å². The zero-order chi connectivity index (χ0) is 24.4. The number of aliphatic hydroxyl groups is 2. The van der Waals surface area contributed by atoms with E-state index in [1.54, 1.807) is 37.6 Å². The summed E-state index contributed by atoms with van der Waals surface area (Å²) in [6, 6.07) is 10.5. The van der Waals surface area contributed by atoms with Gasteiger partial charge in [-0.2, -0.15) is 0 Å². The van der Waals surface area contributed by atoms with Gasteiger partial charge in [0.25, 0.3) is 0 Å². The minimum Gasteiger partial charge on any atom is -0.486 e. The summed E-state index contributed by atoms with van der Waals surface area (Å²) in [6.45, 7) is 1.46. The largest absolute Gasteiger partial charge is 0.486 e. The van der Waals surface area contributed by atoms with Crippen LogP contribution in [0.2, 0.25) is 0 Å². The van der Waals surface area contributed by atoms with Crippen LogP contribution in [-0.2, 0) is 11.3 Å². The van der Waals surface area contributed by atoms with Crippen LogP contribution < -0.4 is 24.4 Å². The fraction of sp³-hybridized carbons (Fsp3) is 0.375. The Morgan fingerprint density at radius 2 is 2.00 bits per heavy atom. The van der Waals surface area contributed by atoms with Gasteiger partial charge in [0.2, 0.25) is 5.88 Å². The Morgan fingerprint density at radius 3 is 2.83 bits per heavy atom. The number of anilines is 1. The van der Waals surface area contributed by atoms with E-state index >= 15 is 0 Å². The van der Waals surface area contributed by atoms with Crippen LogP contribution in [0.25, 0.3) is 11.0 Å². The number of hydrogen-bond donors (Lipinski definition) is 3. The molecule has 4 heterocycles. The highest BCUT2D eigenvalue weighted by molar-refractivity contribution is 5.90. The molecule has 1 aromatic carbocycles. The molecule has 0 aliphatic carbocycles. The number of hydrogen-bond acceptors (Lipinski definition) is 10. The summed E-state index contributed by atoms with van der Waals surface area (Å²) in [4.78, 5) is 22.6. The van der Waals surface area contributed by atoms with Gasteiger partial charge in [-0.25, -0.2) is 9.78 Å². The number of benzene rings is 1. The fourth-order valence-electron chi connectivity index (χ4n) is 4.11. The Balaban J connectivity index is 1.19. The molecule has 35 heavy (non-hydrogen) atoms. The van der Waals surface area contributed by atoms with Gasteiger partial charge in [0.1, 0.15) is 19.3 Å². The van der Waals surface area contributed by atoms with Gasteiger partial charge in [-0.05, 0) is 29.8 Å². The second kappa shape index (κ2) is 9.90. The van der Waals surface area contributed by atoms with Gasteiger partial charge in [0, 0.05) is 31.4 Å². The maximum Gasteiger partial charge on any atom is 0.414 e. The highest BCUT2D eigenvalue weighted by atomic mass is 16.6. The van der Waals surface area contributed by atoms with Crippen LogP contribution in [0.5, 0.6) is 17.4 Å². The van der Waals surface area contributed by atoms with Crippen molar-refractivity contribution in [3.63, 3.8) is 0 Å². The Bertz CT molecular complexity index is 1220. The first-order valence-corrected chi connectivity index (χ1v) is 11.3. The Hall–Kier alpha value is -3.67. The zero-order valence-corrected chi connectivity index (χ0v) is 19.1. The van der Waals surface area contributed by atoms with Crippen molar-refractivity contribution in [2.75, 3.05) is 38.3 Å². The molecule has 0 spiro atoms. The van der Waals surface area contributed by atoms with Crippen LogP contribution in [0.3, 0.4) is 0 Å². The molecule has 1 unspecified atom stereocenters. The van der Waals surface area contributed by atoms with Crippen LogP contribution in [0, 0.1) is 0 Å². The molecule has 2 aliphatic heterocycles. The lowest BCUT2D eigenvalue weighted by molar-refractivity contribution is -0.0460. The maximum atomic E-state index is 12.5. The van der Waals surface area contributed by atoms with Crippen molar-refractivity contribution in [3.05, 3.63) is 48.2 Å². The van der Waals surface area contributed by atoms with Gasteiger partial charge >= 0.3 is 6.09 Å². The summed E-state index contributed by atoms with van der Waals surface area (Å²) in [5.74, 6) is 1.64. The van der Waals surface area contributed by atoms with E-state index in [9.17, 15) is 15.0 Å². The number of aromatic nitrogens is 2. The number of carbonyl (C=O) groups is 1. The van der Waals surface area contributed by atoms with E-state index in [0.29, 0.717) is 48.3 Å². The van der Waals surface area contributed by atoms with Crippen molar-refractivity contribution in [1.82, 2.24) is 15.3 Å². The number of methoxy groups -OCH3 is 1. The molecule has 11 heteroatoms. The van der Waals surface area contributed by atoms with Gasteiger partial charge in [0.15, 0.2) is 17.6 Å². The molecule has 1 fully saturated rings. The molecule has 184 valence electrons. The lowest BCUT2D eigenvalue weighted by Crippen LogP contribution is -2.44. The number of aliphatic hydroxyl groups excluding tert-OH is 2. The molecule has 3 aromatic rings. The van der Waals surface area contributed by atoms with Crippen LogP contribution in [-0.4, -0.2) is 78.0 Å². The molecule has 3 N–H and O–H groups in total. The van der Waals surface area contributed by atoms with Crippen molar-refractivity contribution in [3.8, 4) is 17.4 Å². The molecule has 2 aromatic heterocycles. The number of cyclic esters (lactones) is 1. The van der Waals surface area contributed by atoms with E-state index in [1.165, 1.54) is 4.90 Å². The van der Waals surface area contributed by atoms with Gasteiger partial charge in [-0.15, -0.1) is 0 Å². The van der Waals surface area contributed by atoms with Crippen molar-refractivity contribution in [1.29, 1.82) is 0 Å². The first-order chi connectivity index (χ1) is 17.0. The van der Waals surface area contributed by atoms with Crippen molar-refractivity contribution < 1.29 is 34.0 Å². The van der Waals surface area contributed by atoms with E-state index in [1.807, 2.05) is 12.1 Å². The number of nitrogens with one attached hydrogen (secondary N) is 1. The predicted molar refractivity (Wildman–Crippen MR) is 125 cm³/mol. The molecule has 0 bridgehead atoms. The molecular formula is C24H26N4O7. The Kier molecular flexibility index (Phi) is 6.53. The molecule has 2 aliphatic rings. The second-order valence-corrected chi connectivity index (χ2v) is 8.24. The first-order valence-electron chi connectivity index (χ1n) is 11.3. The molecule has 0 saturated carbocycles. The molecule has 5 rings (SSSR count). The highest BCUT2D eigenvalue weighted by Gasteiger charge is 2.39. The van der Waals surface area contributed by atoms with Gasteiger partial charge in [0.05, 0.1) is 36.5 Å². The van der Waals surface area contributed by atoms with E-state index in [4.69, 9.17) is 18.9 Å². The topological polar surface area (TPSA) is 136 Å². The minimum absolute atomic E-state index is 0.0764. The third-order valence-electron chi connectivity index (χ3n) is 5.97. The molecular weight excluding hydrogens is 456 g/mol. The normalized spacial score (nSPS) is 18.9. The monoisotopic (exact) mass is 482 g/mol. The number of rotatable bonds is 8. The number of amides is 1. The summed E-state index contributed by atoms with van der Waals surface area (Å²) in [7, 11) is 1.55. The number of ether oxygens (including phenoxy) is 4. The van der Waals surface area contributed by atoms with Crippen molar-refractivity contribution in [2.45, 2.75) is 24.9 Å². The predicted octanol–water partition coefficient (Wildman–Crippen LogP) is 1.25. The number of fused-ring (bicyclic) bond motifs is 2. The van der Waals surface area contributed by atoms with E-state index in [2.05, 4.69) is 15.3 Å². The van der Waals surface area contributed by atoms with Crippen LogP contribution in [0.15, 0.2) is 42.6 Å². The number of nitrogens with zero attached hydrogens (tertiary/aromatic N) is 3. The molecule has 1 saturated heterocycles. The minimum atomic E-state index is -1.28. The first kappa shape index (κ1) is 23.1. The lowest BCUT2D eigenvalue weighted by atomic mass is 10.1. The van der Waals surface area contributed by atoms with E-state index < -0.39 is 24.4 Å². The SMILES string of the molecule is COc1ccc2nccc(CNC[C@H](O)[C@@H](O)C3CN(c4ccc5c(c4)OCCO5)C(=O)O3)c2n1. The van der Waals surface area contributed by atoms with Gasteiger partial charge in [-0.1, -0.05) is 0 Å². The molecule has 3 atom stereocenters. The van der Waals surface area contributed by atoms with E-state index in [0.717, 1.165) is 11.1 Å². The summed E-state index contributed by atoms with van der Waals surface area (Å²) in [5.41, 5.74) is 2.85. The van der Waals surface area contributed by atoms with Crippen LogP contribution in [0.4, 0.5) is 10.5 Å². The quantitative estimate of drug-likeness (QED) is 0.430. The van der Waals surface area contributed by atoms with Crippen molar-refractivity contribution in [2.24, 2.45) is 0 Å². The number of pyridine rings is 2. The summed E-state index contributed by atoms with van der Waals surface area (Å²) >= 11 is 0. The third-order valence-corrected chi connectivity index (χ3v) is 5.97. The van der Waals surface area contributed by atoms with E-state index in [-0.39, 0.29) is 13.1 Å². The Morgan fingerprint density at radius 1 is 1.17 bits per heavy atom. The fourth-order valence-corrected chi connectivity index (χ4v) is 4.11. The molecule has 11 nitrogen and oxygen atoms in total. The van der Waals surface area contributed by atoms with Gasteiger partial charge in [-0.3, -0.25) is 9.88 Å². The van der Waals surface area contributed by atoms with Crippen LogP contribution >= 0.6 is 0 Å². The average Bonchev–Trinajstić information content (AvgIpc) is 3.29. The Labute approximate surface area is 201 Å². The van der Waals surface area contributed by atoms with Gasteiger partial charge < -0.3 is 34.5 Å². The summed E-state index contributed by atoms with van der Waals surface area (Å²) in [6.07, 6.45) is -2.25. The maximum absolute atomic E-state index is 12.5. The zero-order valence-electron chi connectivity index (χ0n) is 19.1. The number of carbonyl (C=O) groups excluding carboxylic acids is 1. The lowest BCUT2D eigenvalue weighted by Gasteiger charge is -2.23.